The number of alkyl carbamates (subject to hydrolysis) is 1. The van der Waals surface area contributed by atoms with Gasteiger partial charge in [-0.05, 0) is 44.9 Å². The van der Waals surface area contributed by atoms with Gasteiger partial charge in [0.15, 0.2) is 5.57 Å². The van der Waals surface area contributed by atoms with Gasteiger partial charge in [0.25, 0.3) is 0 Å². The Labute approximate surface area is 171 Å². The van der Waals surface area contributed by atoms with Gasteiger partial charge >= 0.3 is 6.09 Å². The molecule has 1 amide bonds. The molecule has 0 aliphatic rings. The van der Waals surface area contributed by atoms with Crippen LogP contribution in [0.5, 0.6) is 0 Å². The van der Waals surface area contributed by atoms with Crippen molar-refractivity contribution in [2.45, 2.75) is 38.8 Å². The molecule has 2 aromatic carbocycles. The van der Waals surface area contributed by atoms with Crippen molar-refractivity contribution in [2.24, 2.45) is 0 Å². The van der Waals surface area contributed by atoms with Gasteiger partial charge in [-0.25, -0.2) is 4.79 Å². The third kappa shape index (κ3) is 7.04. The summed E-state index contributed by atoms with van der Waals surface area (Å²) >= 11 is 0. The number of nitrogens with zero attached hydrogens (tertiary/aromatic N) is 2. The van der Waals surface area contributed by atoms with Crippen LogP contribution in [0, 0.1) is 22.7 Å². The molecular formula is C23H24N4O2. The monoisotopic (exact) mass is 388 g/mol. The Morgan fingerprint density at radius 1 is 1.00 bits per heavy atom. The number of anilines is 1. The first-order valence-electron chi connectivity index (χ1n) is 9.22. The summed E-state index contributed by atoms with van der Waals surface area (Å²) in [5.41, 5.74) is 1.18. The molecule has 0 aromatic heterocycles. The van der Waals surface area contributed by atoms with E-state index in [1.165, 1.54) is 0 Å². The largest absolute Gasteiger partial charge is 0.444 e. The summed E-state index contributed by atoms with van der Waals surface area (Å²) < 4.78 is 5.39. The minimum absolute atomic E-state index is 0.106. The van der Waals surface area contributed by atoms with E-state index in [1.54, 1.807) is 20.8 Å². The number of amides is 1. The molecule has 0 aliphatic heterocycles. The zero-order valence-electron chi connectivity index (χ0n) is 16.8. The fraction of sp³-hybridized carbons (Fsp3) is 0.261. The van der Waals surface area contributed by atoms with Gasteiger partial charge in [-0.2, -0.15) is 10.5 Å². The van der Waals surface area contributed by atoms with E-state index in [0.717, 1.165) is 5.56 Å². The third-order valence-corrected chi connectivity index (χ3v) is 3.87. The molecule has 2 aromatic rings. The molecule has 0 fully saturated rings. The number of hydrogen-bond donors (Lipinski definition) is 2. The molecule has 1 atom stereocenters. The number of carbonyl (C=O) groups excluding carboxylic acids is 1. The molecule has 0 aliphatic carbocycles. The highest BCUT2D eigenvalue weighted by Crippen LogP contribution is 2.19. The number of para-hydroxylation sites is 1. The number of hydrogen-bond acceptors (Lipinski definition) is 5. The Morgan fingerprint density at radius 3 is 2.07 bits per heavy atom. The van der Waals surface area contributed by atoms with E-state index in [2.05, 4.69) is 10.6 Å². The van der Waals surface area contributed by atoms with Crippen LogP contribution >= 0.6 is 0 Å². The summed E-state index contributed by atoms with van der Waals surface area (Å²) in [6, 6.07) is 21.9. The molecule has 148 valence electrons. The SMILES string of the molecule is CC(C)(C)OC(=O)N[C@@H](Cc1ccccc1)C(Nc1ccccc1)=C(C#N)C#N. The van der Waals surface area contributed by atoms with Crippen LogP contribution in [-0.2, 0) is 11.2 Å². The van der Waals surface area contributed by atoms with Gasteiger partial charge in [0.1, 0.15) is 17.7 Å². The summed E-state index contributed by atoms with van der Waals surface area (Å²) in [6.45, 7) is 5.31. The van der Waals surface area contributed by atoms with E-state index >= 15 is 0 Å². The normalized spacial score (nSPS) is 11.3. The molecule has 6 nitrogen and oxygen atoms in total. The second-order valence-corrected chi connectivity index (χ2v) is 7.39. The lowest BCUT2D eigenvalue weighted by Gasteiger charge is -2.26. The van der Waals surface area contributed by atoms with Crippen molar-refractivity contribution >= 4 is 11.8 Å². The van der Waals surface area contributed by atoms with E-state index in [-0.39, 0.29) is 5.57 Å². The maximum atomic E-state index is 12.5. The first-order valence-corrected chi connectivity index (χ1v) is 9.22. The van der Waals surface area contributed by atoms with E-state index < -0.39 is 17.7 Å². The average Bonchev–Trinajstić information content (AvgIpc) is 2.68. The molecule has 0 unspecified atom stereocenters. The molecule has 2 rings (SSSR count). The molecule has 0 spiro atoms. The lowest BCUT2D eigenvalue weighted by Crippen LogP contribution is -2.43. The third-order valence-electron chi connectivity index (χ3n) is 3.87. The predicted molar refractivity (Wildman–Crippen MR) is 112 cm³/mol. The van der Waals surface area contributed by atoms with Gasteiger partial charge in [-0.1, -0.05) is 48.5 Å². The highest BCUT2D eigenvalue weighted by molar-refractivity contribution is 5.70. The van der Waals surface area contributed by atoms with Crippen LogP contribution in [0.1, 0.15) is 26.3 Å². The summed E-state index contributed by atoms with van der Waals surface area (Å²) in [4.78, 5) is 12.5. The summed E-state index contributed by atoms with van der Waals surface area (Å²) in [5, 5.41) is 24.9. The van der Waals surface area contributed by atoms with Crippen molar-refractivity contribution in [1.82, 2.24) is 5.32 Å². The van der Waals surface area contributed by atoms with Crippen LogP contribution in [0.25, 0.3) is 0 Å². The molecule has 29 heavy (non-hydrogen) atoms. The molecule has 2 N–H and O–H groups in total. The highest BCUT2D eigenvalue weighted by atomic mass is 16.6. The zero-order valence-corrected chi connectivity index (χ0v) is 16.8. The topological polar surface area (TPSA) is 97.9 Å². The van der Waals surface area contributed by atoms with Crippen LogP contribution in [-0.4, -0.2) is 17.7 Å². The maximum absolute atomic E-state index is 12.5. The van der Waals surface area contributed by atoms with Crippen LogP contribution in [0.15, 0.2) is 71.9 Å². The molecular weight excluding hydrogens is 364 g/mol. The molecule has 6 heteroatoms. The average molecular weight is 388 g/mol. The van der Waals surface area contributed by atoms with Crippen molar-refractivity contribution in [2.75, 3.05) is 5.32 Å². The molecule has 0 saturated heterocycles. The number of ether oxygens (including phenoxy) is 1. The molecule has 0 radical (unpaired) electrons. The second kappa shape index (κ2) is 9.96. The standard InChI is InChI=1S/C23H24N4O2/c1-23(2,3)29-22(28)27-20(14-17-10-6-4-7-11-17)21(18(15-24)16-25)26-19-12-8-5-9-13-19/h4-13,20,26H,14H2,1-3H3,(H,27,28)/t20-/m0/s1. The van der Waals surface area contributed by atoms with Crippen molar-refractivity contribution < 1.29 is 9.53 Å². The van der Waals surface area contributed by atoms with E-state index in [0.29, 0.717) is 17.8 Å². The lowest BCUT2D eigenvalue weighted by molar-refractivity contribution is 0.0512. The summed E-state index contributed by atoms with van der Waals surface area (Å²) in [5.74, 6) is 0. The fourth-order valence-electron chi connectivity index (χ4n) is 2.67. The number of carbonyl (C=O) groups is 1. The smallest absolute Gasteiger partial charge is 0.408 e. The number of rotatable bonds is 6. The van der Waals surface area contributed by atoms with Gasteiger partial charge in [-0.3, -0.25) is 0 Å². The van der Waals surface area contributed by atoms with E-state index in [9.17, 15) is 15.3 Å². The van der Waals surface area contributed by atoms with Crippen molar-refractivity contribution in [3.63, 3.8) is 0 Å². The van der Waals surface area contributed by atoms with Gasteiger partial charge in [0.2, 0.25) is 0 Å². The molecule has 0 bridgehead atoms. The molecule has 0 heterocycles. The van der Waals surface area contributed by atoms with Gasteiger partial charge in [-0.15, -0.1) is 0 Å². The minimum Gasteiger partial charge on any atom is -0.444 e. The number of benzene rings is 2. The fourth-order valence-corrected chi connectivity index (χ4v) is 2.67. The van der Waals surface area contributed by atoms with Gasteiger partial charge in [0.05, 0.1) is 11.7 Å². The minimum atomic E-state index is -0.675. The number of allylic oxidation sites excluding steroid dienone is 1. The van der Waals surface area contributed by atoms with Crippen molar-refractivity contribution in [1.29, 1.82) is 10.5 Å². The Morgan fingerprint density at radius 2 is 1.55 bits per heavy atom. The van der Waals surface area contributed by atoms with Crippen LogP contribution < -0.4 is 10.6 Å². The Kier molecular flexibility index (Phi) is 7.40. The van der Waals surface area contributed by atoms with Crippen molar-refractivity contribution in [3.05, 3.63) is 77.5 Å². The Hall–Kier alpha value is -3.77. The predicted octanol–water partition coefficient (Wildman–Crippen LogP) is 4.54. The first-order chi connectivity index (χ1) is 13.8. The quantitative estimate of drug-likeness (QED) is 0.708. The van der Waals surface area contributed by atoms with E-state index in [4.69, 9.17) is 4.74 Å². The zero-order chi connectivity index (χ0) is 21.3. The molecule has 0 saturated carbocycles. The lowest BCUT2D eigenvalue weighted by atomic mass is 10.00. The Balaban J connectivity index is 2.42. The van der Waals surface area contributed by atoms with Crippen LogP contribution in [0.2, 0.25) is 0 Å². The highest BCUT2D eigenvalue weighted by Gasteiger charge is 2.25. The Bertz CT molecular complexity index is 917. The van der Waals surface area contributed by atoms with Gasteiger partial charge < -0.3 is 15.4 Å². The maximum Gasteiger partial charge on any atom is 0.408 e. The second-order valence-electron chi connectivity index (χ2n) is 7.39. The number of nitriles is 2. The first kappa shape index (κ1) is 21.5. The van der Waals surface area contributed by atoms with Crippen molar-refractivity contribution in [3.8, 4) is 12.1 Å². The van der Waals surface area contributed by atoms with E-state index in [1.807, 2.05) is 72.8 Å². The summed E-state index contributed by atoms with van der Waals surface area (Å²) in [6.07, 6.45) is -0.247. The summed E-state index contributed by atoms with van der Waals surface area (Å²) in [7, 11) is 0. The van der Waals surface area contributed by atoms with Crippen LogP contribution in [0.4, 0.5) is 10.5 Å². The van der Waals surface area contributed by atoms with Gasteiger partial charge in [0, 0.05) is 5.69 Å². The number of nitrogens with one attached hydrogen (secondary N) is 2. The van der Waals surface area contributed by atoms with Crippen LogP contribution in [0.3, 0.4) is 0 Å².